The smallest absolute Gasteiger partial charge is 0.407 e. The van der Waals surface area contributed by atoms with Gasteiger partial charge in [0.2, 0.25) is 0 Å². The average Bonchev–Trinajstić information content (AvgIpc) is 2.86. The van der Waals surface area contributed by atoms with Gasteiger partial charge < -0.3 is 15.0 Å². The first-order valence-corrected chi connectivity index (χ1v) is 6.04. The predicted octanol–water partition coefficient (Wildman–Crippen LogP) is 1.67. The number of alkyl carbamates (subject to hydrolysis) is 1. The van der Waals surface area contributed by atoms with E-state index in [1.54, 1.807) is 4.90 Å². The summed E-state index contributed by atoms with van der Waals surface area (Å²) in [6.07, 6.45) is 0.140. The van der Waals surface area contributed by atoms with Gasteiger partial charge in [-0.3, -0.25) is 10.1 Å². The van der Waals surface area contributed by atoms with E-state index in [1.165, 1.54) is 19.2 Å². The maximum atomic E-state index is 13.4. The Bertz CT molecular complexity index is 537. The van der Waals surface area contributed by atoms with Gasteiger partial charge in [-0.05, 0) is 12.5 Å². The number of rotatable bonds is 3. The van der Waals surface area contributed by atoms with Gasteiger partial charge in [0.1, 0.15) is 5.82 Å². The van der Waals surface area contributed by atoms with Gasteiger partial charge in [-0.25, -0.2) is 9.18 Å². The number of ether oxygens (including phenoxy) is 1. The van der Waals surface area contributed by atoms with E-state index in [1.807, 2.05) is 0 Å². The number of nitrogens with zero attached hydrogens (tertiary/aromatic N) is 2. The first-order chi connectivity index (χ1) is 9.49. The molecule has 0 aromatic heterocycles. The molecule has 0 radical (unpaired) electrons. The predicted molar refractivity (Wildman–Crippen MR) is 69.2 cm³/mol. The molecule has 108 valence electrons. The lowest BCUT2D eigenvalue weighted by atomic mass is 10.2. The summed E-state index contributed by atoms with van der Waals surface area (Å²) < 4.78 is 17.9. The molecule has 8 heteroatoms. The maximum Gasteiger partial charge on any atom is 0.407 e. The van der Waals surface area contributed by atoms with Crippen molar-refractivity contribution >= 4 is 17.5 Å². The number of nitro benzene ring substituents is 1. The highest BCUT2D eigenvalue weighted by Crippen LogP contribution is 2.26. The summed E-state index contributed by atoms with van der Waals surface area (Å²) in [4.78, 5) is 23.0. The summed E-state index contributed by atoms with van der Waals surface area (Å²) in [6, 6.07) is 3.32. The number of anilines is 1. The molecule has 1 aromatic rings. The van der Waals surface area contributed by atoms with Gasteiger partial charge in [0.25, 0.3) is 5.69 Å². The maximum absolute atomic E-state index is 13.4. The Morgan fingerprint density at radius 3 is 2.95 bits per heavy atom. The molecule has 0 aliphatic carbocycles. The highest BCUT2D eigenvalue weighted by atomic mass is 19.1. The number of hydrogen-bond donors (Lipinski definition) is 1. The Hall–Kier alpha value is -2.38. The second kappa shape index (κ2) is 5.72. The molecule has 7 nitrogen and oxygen atoms in total. The molecule has 1 fully saturated rings. The summed E-state index contributed by atoms with van der Waals surface area (Å²) in [5, 5.41) is 13.4. The summed E-state index contributed by atoms with van der Waals surface area (Å²) in [5.74, 6) is -0.654. The molecule has 0 spiro atoms. The van der Waals surface area contributed by atoms with Gasteiger partial charge in [0, 0.05) is 24.8 Å². The third-order valence-electron chi connectivity index (χ3n) is 3.14. The third kappa shape index (κ3) is 3.14. The molecule has 1 saturated heterocycles. The molecule has 1 amide bonds. The van der Waals surface area contributed by atoms with E-state index < -0.39 is 16.8 Å². The fourth-order valence-electron chi connectivity index (χ4n) is 2.19. The molecule has 1 aliphatic heterocycles. The number of benzene rings is 1. The normalized spacial score (nSPS) is 17.9. The van der Waals surface area contributed by atoms with Crippen LogP contribution < -0.4 is 10.2 Å². The van der Waals surface area contributed by atoms with E-state index in [9.17, 15) is 19.3 Å². The molecule has 2 rings (SSSR count). The largest absolute Gasteiger partial charge is 0.453 e. The van der Waals surface area contributed by atoms with E-state index in [0.29, 0.717) is 25.2 Å². The lowest BCUT2D eigenvalue weighted by molar-refractivity contribution is -0.385. The van der Waals surface area contributed by atoms with Crippen LogP contribution >= 0.6 is 0 Å². The van der Waals surface area contributed by atoms with Crippen LogP contribution in [0, 0.1) is 15.9 Å². The SMILES string of the molecule is COC(=O)NC1CCN(c2cc(F)cc([N+](=O)[O-])c2)C1. The van der Waals surface area contributed by atoms with Crippen molar-refractivity contribution in [3.05, 3.63) is 34.1 Å². The number of nitrogens with one attached hydrogen (secondary N) is 1. The molecular formula is C12H14FN3O4. The fraction of sp³-hybridized carbons (Fsp3) is 0.417. The minimum absolute atomic E-state index is 0.121. The molecule has 1 aliphatic rings. The van der Waals surface area contributed by atoms with Crippen LogP contribution in [0.5, 0.6) is 0 Å². The minimum Gasteiger partial charge on any atom is -0.453 e. The monoisotopic (exact) mass is 283 g/mol. The highest BCUT2D eigenvalue weighted by Gasteiger charge is 2.25. The van der Waals surface area contributed by atoms with Crippen LogP contribution in [-0.2, 0) is 4.74 Å². The van der Waals surface area contributed by atoms with Gasteiger partial charge in [0.15, 0.2) is 0 Å². The van der Waals surface area contributed by atoms with Crippen LogP contribution in [0.1, 0.15) is 6.42 Å². The van der Waals surface area contributed by atoms with E-state index in [-0.39, 0.29) is 11.7 Å². The molecule has 1 aromatic carbocycles. The number of halogens is 1. The molecule has 0 saturated carbocycles. The molecule has 1 heterocycles. The van der Waals surface area contributed by atoms with Gasteiger partial charge in [0.05, 0.1) is 24.1 Å². The highest BCUT2D eigenvalue weighted by molar-refractivity contribution is 5.67. The van der Waals surface area contributed by atoms with E-state index >= 15 is 0 Å². The molecule has 20 heavy (non-hydrogen) atoms. The van der Waals surface area contributed by atoms with E-state index in [4.69, 9.17) is 0 Å². The average molecular weight is 283 g/mol. The zero-order valence-corrected chi connectivity index (χ0v) is 10.8. The Labute approximate surface area is 114 Å². The number of nitro groups is 1. The van der Waals surface area contributed by atoms with Crippen molar-refractivity contribution in [2.75, 3.05) is 25.1 Å². The van der Waals surface area contributed by atoms with Crippen LogP contribution in [0.2, 0.25) is 0 Å². The second-order valence-corrected chi connectivity index (χ2v) is 4.49. The van der Waals surface area contributed by atoms with E-state index in [2.05, 4.69) is 10.1 Å². The first kappa shape index (κ1) is 14.0. The molecule has 0 bridgehead atoms. The Kier molecular flexibility index (Phi) is 4.02. The van der Waals surface area contributed by atoms with Crippen molar-refractivity contribution in [3.8, 4) is 0 Å². The van der Waals surface area contributed by atoms with Crippen LogP contribution in [0.3, 0.4) is 0 Å². The number of amides is 1. The summed E-state index contributed by atoms with van der Waals surface area (Å²) in [5.41, 5.74) is 0.148. The standard InChI is InChI=1S/C12H14FN3O4/c1-20-12(17)14-9-2-3-15(7-9)10-4-8(13)5-11(6-10)16(18)19/h4-6,9H,2-3,7H2,1H3,(H,14,17). The topological polar surface area (TPSA) is 84.7 Å². The van der Waals surface area contributed by atoms with Crippen molar-refractivity contribution in [1.82, 2.24) is 5.32 Å². The lowest BCUT2D eigenvalue weighted by Gasteiger charge is -2.18. The van der Waals surface area contributed by atoms with Gasteiger partial charge in [-0.1, -0.05) is 0 Å². The van der Waals surface area contributed by atoms with Crippen molar-refractivity contribution in [2.45, 2.75) is 12.5 Å². The quantitative estimate of drug-likeness (QED) is 0.673. The number of methoxy groups -OCH3 is 1. The van der Waals surface area contributed by atoms with Gasteiger partial charge >= 0.3 is 6.09 Å². The van der Waals surface area contributed by atoms with E-state index in [0.717, 1.165) is 6.07 Å². The minimum atomic E-state index is -0.654. The first-order valence-electron chi connectivity index (χ1n) is 6.04. The Morgan fingerprint density at radius 1 is 1.55 bits per heavy atom. The lowest BCUT2D eigenvalue weighted by Crippen LogP contribution is -2.36. The summed E-state index contributed by atoms with van der Waals surface area (Å²) in [7, 11) is 1.28. The van der Waals surface area contributed by atoms with Crippen molar-refractivity contribution in [3.63, 3.8) is 0 Å². The van der Waals surface area contributed by atoms with Crippen molar-refractivity contribution in [2.24, 2.45) is 0 Å². The van der Waals surface area contributed by atoms with Gasteiger partial charge in [-0.15, -0.1) is 0 Å². The van der Waals surface area contributed by atoms with Crippen LogP contribution in [0.15, 0.2) is 18.2 Å². The number of carbonyl (C=O) groups is 1. The number of carbonyl (C=O) groups excluding carboxylic acids is 1. The fourth-order valence-corrected chi connectivity index (χ4v) is 2.19. The van der Waals surface area contributed by atoms with Crippen molar-refractivity contribution in [1.29, 1.82) is 0 Å². The number of hydrogen-bond acceptors (Lipinski definition) is 5. The second-order valence-electron chi connectivity index (χ2n) is 4.49. The van der Waals surface area contributed by atoms with Gasteiger partial charge in [-0.2, -0.15) is 0 Å². The molecular weight excluding hydrogens is 269 g/mol. The zero-order valence-electron chi connectivity index (χ0n) is 10.8. The third-order valence-corrected chi connectivity index (χ3v) is 3.14. The molecule has 1 N–H and O–H groups in total. The summed E-state index contributed by atoms with van der Waals surface area (Å²) in [6.45, 7) is 1.03. The Morgan fingerprint density at radius 2 is 2.30 bits per heavy atom. The Balaban J connectivity index is 2.10. The molecule has 1 atom stereocenters. The van der Waals surface area contributed by atoms with Crippen LogP contribution in [-0.4, -0.2) is 37.3 Å². The molecule has 1 unspecified atom stereocenters. The van der Waals surface area contributed by atoms with Crippen LogP contribution in [0.25, 0.3) is 0 Å². The number of non-ortho nitro benzene ring substituents is 1. The van der Waals surface area contributed by atoms with Crippen LogP contribution in [0.4, 0.5) is 20.6 Å². The zero-order chi connectivity index (χ0) is 14.7. The van der Waals surface area contributed by atoms with Crippen molar-refractivity contribution < 1.29 is 18.8 Å². The summed E-state index contributed by atoms with van der Waals surface area (Å²) >= 11 is 0.